The van der Waals surface area contributed by atoms with E-state index < -0.39 is 0 Å². The van der Waals surface area contributed by atoms with Gasteiger partial charge in [0.1, 0.15) is 11.4 Å². The summed E-state index contributed by atoms with van der Waals surface area (Å²) in [6, 6.07) is 0. The Balaban J connectivity index is 2.01. The number of rotatable bonds is 2. The first-order valence-corrected chi connectivity index (χ1v) is 5.25. The van der Waals surface area contributed by atoms with Gasteiger partial charge in [-0.05, 0) is 0 Å². The van der Waals surface area contributed by atoms with Crippen LogP contribution in [0.2, 0.25) is 0 Å². The molecule has 3 rings (SSSR count). The predicted octanol–water partition coefficient (Wildman–Crippen LogP) is 0.453. The Bertz CT molecular complexity index is 693. The van der Waals surface area contributed by atoms with Crippen molar-refractivity contribution in [1.82, 2.24) is 29.7 Å². The molecule has 8 nitrogen and oxygen atoms in total. The van der Waals surface area contributed by atoms with Gasteiger partial charge in [-0.1, -0.05) is 5.16 Å². The first kappa shape index (κ1) is 10.5. The maximum atomic E-state index is 5.84. The minimum absolute atomic E-state index is 0.347. The summed E-state index contributed by atoms with van der Waals surface area (Å²) in [6.45, 7) is 0. The van der Waals surface area contributed by atoms with E-state index in [4.69, 9.17) is 10.3 Å². The van der Waals surface area contributed by atoms with Crippen molar-refractivity contribution in [2.75, 3.05) is 5.73 Å². The molecule has 18 heavy (non-hydrogen) atoms. The second kappa shape index (κ2) is 3.69. The SMILES string of the molecule is Cn1cc(-c2noc(-c3cnn(C)c3N)n2)cn1. The van der Waals surface area contributed by atoms with Crippen LogP contribution in [0.15, 0.2) is 23.1 Å². The van der Waals surface area contributed by atoms with Crippen LogP contribution in [-0.2, 0) is 14.1 Å². The lowest BCUT2D eigenvalue weighted by atomic mass is 10.3. The fourth-order valence-electron chi connectivity index (χ4n) is 1.60. The van der Waals surface area contributed by atoms with Gasteiger partial charge in [0.15, 0.2) is 0 Å². The average Bonchev–Trinajstić information content (AvgIpc) is 3.02. The number of hydrogen-bond acceptors (Lipinski definition) is 6. The number of anilines is 1. The Morgan fingerprint density at radius 1 is 1.22 bits per heavy atom. The quantitative estimate of drug-likeness (QED) is 0.703. The fraction of sp³-hybridized carbons (Fsp3) is 0.200. The lowest BCUT2D eigenvalue weighted by molar-refractivity contribution is 0.432. The first-order chi connectivity index (χ1) is 8.65. The second-order valence-corrected chi connectivity index (χ2v) is 3.89. The Kier molecular flexibility index (Phi) is 2.15. The number of hydrogen-bond donors (Lipinski definition) is 1. The van der Waals surface area contributed by atoms with Gasteiger partial charge < -0.3 is 10.3 Å². The lowest BCUT2D eigenvalue weighted by Gasteiger charge is -1.93. The van der Waals surface area contributed by atoms with E-state index in [1.807, 2.05) is 7.05 Å². The highest BCUT2D eigenvalue weighted by molar-refractivity contribution is 5.67. The van der Waals surface area contributed by atoms with Crippen molar-refractivity contribution in [2.24, 2.45) is 14.1 Å². The number of aromatic nitrogens is 6. The number of nitrogens with zero attached hydrogens (tertiary/aromatic N) is 6. The molecule has 0 aromatic carbocycles. The number of aryl methyl sites for hydroxylation is 2. The van der Waals surface area contributed by atoms with E-state index in [9.17, 15) is 0 Å². The lowest BCUT2D eigenvalue weighted by Crippen LogP contribution is -1.98. The van der Waals surface area contributed by atoms with E-state index in [1.54, 1.807) is 35.0 Å². The predicted molar refractivity (Wildman–Crippen MR) is 63.1 cm³/mol. The summed E-state index contributed by atoms with van der Waals surface area (Å²) in [5.74, 6) is 1.30. The molecule has 0 atom stereocenters. The fourth-order valence-corrected chi connectivity index (χ4v) is 1.60. The van der Waals surface area contributed by atoms with Crippen LogP contribution in [0.3, 0.4) is 0 Å². The normalized spacial score (nSPS) is 11.0. The van der Waals surface area contributed by atoms with Gasteiger partial charge in [-0.25, -0.2) is 0 Å². The van der Waals surface area contributed by atoms with Crippen molar-refractivity contribution in [1.29, 1.82) is 0 Å². The standard InChI is InChI=1S/C10H11N7O/c1-16-5-6(3-12-16)9-14-10(18-15-9)7-4-13-17(2)8(7)11/h3-5H,11H2,1-2H3. The molecule has 0 spiro atoms. The molecule has 0 aliphatic carbocycles. The van der Waals surface area contributed by atoms with Gasteiger partial charge in [-0.15, -0.1) is 0 Å². The van der Waals surface area contributed by atoms with Crippen LogP contribution in [0, 0.1) is 0 Å². The minimum atomic E-state index is 0.347. The molecule has 8 heteroatoms. The number of nitrogen functional groups attached to an aromatic ring is 1. The Morgan fingerprint density at radius 3 is 2.67 bits per heavy atom. The van der Waals surface area contributed by atoms with Crippen molar-refractivity contribution < 1.29 is 4.52 Å². The molecule has 3 aromatic rings. The summed E-state index contributed by atoms with van der Waals surface area (Å²) < 4.78 is 8.39. The Labute approximate surface area is 102 Å². The van der Waals surface area contributed by atoms with Crippen molar-refractivity contribution >= 4 is 5.82 Å². The van der Waals surface area contributed by atoms with Gasteiger partial charge in [0.25, 0.3) is 5.89 Å². The molecule has 2 N–H and O–H groups in total. The van der Waals surface area contributed by atoms with Gasteiger partial charge in [0, 0.05) is 20.3 Å². The van der Waals surface area contributed by atoms with E-state index in [-0.39, 0.29) is 0 Å². The van der Waals surface area contributed by atoms with Crippen LogP contribution in [0.1, 0.15) is 0 Å². The maximum Gasteiger partial charge on any atom is 0.263 e. The summed E-state index contributed by atoms with van der Waals surface area (Å²) in [6.07, 6.45) is 5.07. The van der Waals surface area contributed by atoms with E-state index in [1.165, 1.54) is 0 Å². The highest BCUT2D eigenvalue weighted by Gasteiger charge is 2.16. The summed E-state index contributed by atoms with van der Waals surface area (Å²) in [7, 11) is 3.57. The molecule has 0 aliphatic heterocycles. The van der Waals surface area contributed by atoms with Crippen LogP contribution < -0.4 is 5.73 Å². The Morgan fingerprint density at radius 2 is 2.06 bits per heavy atom. The second-order valence-electron chi connectivity index (χ2n) is 3.89. The van der Waals surface area contributed by atoms with E-state index in [0.29, 0.717) is 23.1 Å². The van der Waals surface area contributed by atoms with Crippen molar-refractivity contribution in [3.63, 3.8) is 0 Å². The third-order valence-electron chi connectivity index (χ3n) is 2.60. The van der Waals surface area contributed by atoms with Gasteiger partial charge in [-0.3, -0.25) is 9.36 Å². The highest BCUT2D eigenvalue weighted by Crippen LogP contribution is 2.25. The molecule has 0 saturated heterocycles. The first-order valence-electron chi connectivity index (χ1n) is 5.25. The zero-order valence-electron chi connectivity index (χ0n) is 9.90. The highest BCUT2D eigenvalue weighted by atomic mass is 16.5. The minimum Gasteiger partial charge on any atom is -0.383 e. The van der Waals surface area contributed by atoms with E-state index in [2.05, 4.69) is 20.3 Å². The monoisotopic (exact) mass is 245 g/mol. The summed E-state index contributed by atoms with van der Waals surface area (Å²) >= 11 is 0. The van der Waals surface area contributed by atoms with Gasteiger partial charge in [-0.2, -0.15) is 15.2 Å². The van der Waals surface area contributed by atoms with E-state index >= 15 is 0 Å². The van der Waals surface area contributed by atoms with Crippen LogP contribution in [0.25, 0.3) is 22.8 Å². The van der Waals surface area contributed by atoms with Crippen LogP contribution in [0.4, 0.5) is 5.82 Å². The molecular weight excluding hydrogens is 234 g/mol. The average molecular weight is 245 g/mol. The van der Waals surface area contributed by atoms with Crippen LogP contribution in [-0.4, -0.2) is 29.7 Å². The smallest absolute Gasteiger partial charge is 0.263 e. The largest absolute Gasteiger partial charge is 0.383 e. The van der Waals surface area contributed by atoms with Crippen molar-refractivity contribution in [3.8, 4) is 22.8 Å². The Hall–Kier alpha value is -2.64. The molecule has 0 fully saturated rings. The molecule has 0 unspecified atom stereocenters. The van der Waals surface area contributed by atoms with Gasteiger partial charge >= 0.3 is 0 Å². The molecule has 0 amide bonds. The van der Waals surface area contributed by atoms with Crippen molar-refractivity contribution in [2.45, 2.75) is 0 Å². The molecular formula is C10H11N7O. The topological polar surface area (TPSA) is 101 Å². The maximum absolute atomic E-state index is 5.84. The van der Waals surface area contributed by atoms with Crippen LogP contribution in [0.5, 0.6) is 0 Å². The zero-order chi connectivity index (χ0) is 12.7. The zero-order valence-corrected chi connectivity index (χ0v) is 9.90. The molecule has 0 bridgehead atoms. The molecule has 0 saturated carbocycles. The van der Waals surface area contributed by atoms with E-state index in [0.717, 1.165) is 5.56 Å². The third-order valence-corrected chi connectivity index (χ3v) is 2.60. The summed E-state index contributed by atoms with van der Waals surface area (Å²) in [4.78, 5) is 4.27. The third kappa shape index (κ3) is 1.54. The van der Waals surface area contributed by atoms with Crippen molar-refractivity contribution in [3.05, 3.63) is 18.6 Å². The van der Waals surface area contributed by atoms with Crippen LogP contribution >= 0.6 is 0 Å². The number of nitrogens with two attached hydrogens (primary N) is 1. The molecule has 0 aliphatic rings. The molecule has 3 heterocycles. The molecule has 92 valence electrons. The summed E-state index contributed by atoms with van der Waals surface area (Å²) in [5.41, 5.74) is 7.26. The van der Waals surface area contributed by atoms with Gasteiger partial charge in [0.05, 0.1) is 18.0 Å². The molecule has 0 radical (unpaired) electrons. The molecule has 3 aromatic heterocycles. The van der Waals surface area contributed by atoms with Gasteiger partial charge in [0.2, 0.25) is 5.82 Å². The summed E-state index contributed by atoms with van der Waals surface area (Å²) in [5, 5.41) is 12.0.